The number of amides is 1. The molecule has 0 unspecified atom stereocenters. The van der Waals surface area contributed by atoms with E-state index in [2.05, 4.69) is 57.3 Å². The fourth-order valence-electron chi connectivity index (χ4n) is 4.33. The van der Waals surface area contributed by atoms with Gasteiger partial charge in [-0.3, -0.25) is 4.79 Å². The van der Waals surface area contributed by atoms with E-state index in [1.165, 1.54) is 56.2 Å². The molecule has 1 aliphatic heterocycles. The lowest BCUT2D eigenvalue weighted by molar-refractivity contribution is -0.119. The van der Waals surface area contributed by atoms with Crippen molar-refractivity contribution in [3.8, 4) is 0 Å². The molecule has 3 nitrogen and oxygen atoms in total. The van der Waals surface area contributed by atoms with Crippen LogP contribution in [0.25, 0.3) is 0 Å². The normalized spacial score (nSPS) is 18.6. The monoisotopic (exact) mass is 386 g/mol. The van der Waals surface area contributed by atoms with Gasteiger partial charge in [0, 0.05) is 18.6 Å². The zero-order valence-corrected chi connectivity index (χ0v) is 18.7. The van der Waals surface area contributed by atoms with E-state index in [1.54, 1.807) is 0 Å². The van der Waals surface area contributed by atoms with E-state index in [9.17, 15) is 4.79 Å². The molecule has 28 heavy (non-hydrogen) atoms. The Morgan fingerprint density at radius 2 is 1.64 bits per heavy atom. The summed E-state index contributed by atoms with van der Waals surface area (Å²) in [6.45, 7) is 11.8. The Labute approximate surface area is 173 Å². The maximum Gasteiger partial charge on any atom is 0.209 e. The van der Waals surface area contributed by atoms with Crippen LogP contribution in [0.15, 0.2) is 24.3 Å². The Bertz CT molecular complexity index is 547. The van der Waals surface area contributed by atoms with E-state index in [1.807, 2.05) is 4.90 Å². The van der Waals surface area contributed by atoms with Gasteiger partial charge in [-0.2, -0.15) is 0 Å². The highest BCUT2D eigenvalue weighted by Crippen LogP contribution is 2.28. The topological polar surface area (TPSA) is 32.3 Å². The molecule has 1 heterocycles. The summed E-state index contributed by atoms with van der Waals surface area (Å²) in [5.74, 6) is 1.70. The van der Waals surface area contributed by atoms with Gasteiger partial charge in [0.05, 0.1) is 0 Å². The highest BCUT2D eigenvalue weighted by molar-refractivity contribution is 5.47. The number of aryl methyl sites for hydroxylation is 1. The van der Waals surface area contributed by atoms with Gasteiger partial charge in [-0.1, -0.05) is 55.5 Å². The molecule has 158 valence electrons. The Hall–Kier alpha value is -1.35. The summed E-state index contributed by atoms with van der Waals surface area (Å²) >= 11 is 0. The zero-order valence-electron chi connectivity index (χ0n) is 18.7. The van der Waals surface area contributed by atoms with Gasteiger partial charge >= 0.3 is 0 Å². The molecule has 1 aromatic rings. The molecule has 0 spiro atoms. The van der Waals surface area contributed by atoms with Crippen LogP contribution in [0.3, 0.4) is 0 Å². The molecule has 1 saturated heterocycles. The summed E-state index contributed by atoms with van der Waals surface area (Å²) in [6, 6.07) is 8.77. The summed E-state index contributed by atoms with van der Waals surface area (Å²) in [4.78, 5) is 12.4. The van der Waals surface area contributed by atoms with Crippen molar-refractivity contribution in [2.75, 3.05) is 19.6 Å². The van der Waals surface area contributed by atoms with Crippen LogP contribution >= 0.6 is 0 Å². The number of nitrogens with one attached hydrogen (secondary N) is 1. The number of carbonyl (C=O) groups excluding carboxylic acids is 1. The molecule has 0 aromatic heterocycles. The van der Waals surface area contributed by atoms with E-state index in [4.69, 9.17) is 0 Å². The highest BCUT2D eigenvalue weighted by Gasteiger charge is 2.19. The maximum atomic E-state index is 10.6. The van der Waals surface area contributed by atoms with Crippen molar-refractivity contribution < 1.29 is 4.79 Å². The fourth-order valence-corrected chi connectivity index (χ4v) is 4.33. The van der Waals surface area contributed by atoms with Crippen LogP contribution in [-0.4, -0.2) is 36.5 Å². The quantitative estimate of drug-likeness (QED) is 0.504. The molecular formula is C25H42N2O. The first-order chi connectivity index (χ1) is 13.4. The van der Waals surface area contributed by atoms with Crippen LogP contribution in [0.4, 0.5) is 0 Å². The van der Waals surface area contributed by atoms with E-state index < -0.39 is 0 Å². The van der Waals surface area contributed by atoms with Gasteiger partial charge in [0.25, 0.3) is 0 Å². The fraction of sp³-hybridized carbons (Fsp3) is 0.720. The number of nitrogens with zero attached hydrogens (tertiary/aromatic N) is 1. The van der Waals surface area contributed by atoms with E-state index in [0.717, 1.165) is 38.3 Å². The van der Waals surface area contributed by atoms with Crippen molar-refractivity contribution >= 4 is 6.41 Å². The number of hydrogen-bond acceptors (Lipinski definition) is 2. The lowest BCUT2D eigenvalue weighted by Gasteiger charge is -2.29. The van der Waals surface area contributed by atoms with Crippen LogP contribution in [0.1, 0.15) is 89.2 Å². The first-order valence-electron chi connectivity index (χ1n) is 11.4. The molecule has 2 fully saturated rings. The Balaban J connectivity index is 0.000000203. The largest absolute Gasteiger partial charge is 0.345 e. The number of rotatable bonds is 6. The molecule has 1 saturated carbocycles. The predicted molar refractivity (Wildman–Crippen MR) is 120 cm³/mol. The van der Waals surface area contributed by atoms with Crippen molar-refractivity contribution in [3.63, 3.8) is 0 Å². The molecule has 2 aliphatic rings. The Morgan fingerprint density at radius 1 is 1.04 bits per heavy atom. The zero-order chi connectivity index (χ0) is 20.4. The molecular weight excluding hydrogens is 344 g/mol. The average Bonchev–Trinajstić information content (AvgIpc) is 3.19. The molecule has 1 amide bonds. The first-order valence-corrected chi connectivity index (χ1v) is 11.4. The lowest BCUT2D eigenvalue weighted by Crippen LogP contribution is -2.36. The molecule has 0 atom stereocenters. The molecule has 3 rings (SSSR count). The Kier molecular flexibility index (Phi) is 9.50. The van der Waals surface area contributed by atoms with Crippen LogP contribution in [-0.2, 0) is 4.79 Å². The summed E-state index contributed by atoms with van der Waals surface area (Å²) in [6.07, 6.45) is 11.9. The van der Waals surface area contributed by atoms with Crippen molar-refractivity contribution in [1.82, 2.24) is 10.2 Å². The second kappa shape index (κ2) is 11.6. The minimum atomic E-state index is 0.301. The highest BCUT2D eigenvalue weighted by atomic mass is 16.1. The van der Waals surface area contributed by atoms with E-state index >= 15 is 0 Å². The van der Waals surface area contributed by atoms with Crippen LogP contribution in [0, 0.1) is 12.8 Å². The third-order valence-electron chi connectivity index (χ3n) is 6.15. The number of benzene rings is 1. The number of likely N-dealkylation sites (tertiary alicyclic amines) is 1. The number of carbonyl (C=O) groups is 1. The summed E-state index contributed by atoms with van der Waals surface area (Å²) in [7, 11) is 0. The third kappa shape index (κ3) is 8.77. The first kappa shape index (κ1) is 22.9. The second-order valence-corrected chi connectivity index (χ2v) is 9.80. The van der Waals surface area contributed by atoms with Gasteiger partial charge in [0.2, 0.25) is 6.41 Å². The standard InChI is InChI=1S/C13H17NO.C12H25N/c1-11-2-4-12(5-3-11)13-6-8-14(10-15)9-7-13;1-12(2,3)13-10-6-9-11-7-4-5-8-11/h2-5,10,13H,6-9H2,1H3;11,13H,4-10H2,1-3H3. The van der Waals surface area contributed by atoms with Gasteiger partial charge in [-0.05, 0) is 77.3 Å². The Morgan fingerprint density at radius 3 is 2.18 bits per heavy atom. The van der Waals surface area contributed by atoms with Crippen LogP contribution in [0.2, 0.25) is 0 Å². The molecule has 0 bridgehead atoms. The van der Waals surface area contributed by atoms with Gasteiger partial charge in [0.15, 0.2) is 0 Å². The predicted octanol–water partition coefficient (Wildman–Crippen LogP) is 5.68. The van der Waals surface area contributed by atoms with Gasteiger partial charge in [-0.25, -0.2) is 0 Å². The van der Waals surface area contributed by atoms with Crippen molar-refractivity contribution in [3.05, 3.63) is 35.4 Å². The summed E-state index contributed by atoms with van der Waals surface area (Å²) in [5.41, 5.74) is 3.03. The smallest absolute Gasteiger partial charge is 0.209 e. The maximum absolute atomic E-state index is 10.6. The second-order valence-electron chi connectivity index (χ2n) is 9.80. The summed E-state index contributed by atoms with van der Waals surface area (Å²) in [5, 5.41) is 3.55. The van der Waals surface area contributed by atoms with Gasteiger partial charge in [-0.15, -0.1) is 0 Å². The molecule has 0 radical (unpaired) electrons. The molecule has 1 aliphatic carbocycles. The minimum absolute atomic E-state index is 0.301. The molecule has 1 N–H and O–H groups in total. The number of hydrogen-bond donors (Lipinski definition) is 1. The van der Waals surface area contributed by atoms with E-state index in [-0.39, 0.29) is 0 Å². The van der Waals surface area contributed by atoms with E-state index in [0.29, 0.717) is 11.5 Å². The average molecular weight is 387 g/mol. The minimum Gasteiger partial charge on any atom is -0.345 e. The third-order valence-corrected chi connectivity index (χ3v) is 6.15. The van der Waals surface area contributed by atoms with Gasteiger partial charge < -0.3 is 10.2 Å². The molecule has 3 heteroatoms. The molecule has 1 aromatic carbocycles. The van der Waals surface area contributed by atoms with Crippen molar-refractivity contribution in [2.45, 2.75) is 90.5 Å². The van der Waals surface area contributed by atoms with Crippen molar-refractivity contribution in [2.24, 2.45) is 5.92 Å². The SMILES string of the molecule is CC(C)(C)NCCCC1CCCC1.Cc1ccc(C2CCN(C=O)CC2)cc1. The number of piperidine rings is 1. The summed E-state index contributed by atoms with van der Waals surface area (Å²) < 4.78 is 0. The lowest BCUT2D eigenvalue weighted by atomic mass is 9.89. The van der Waals surface area contributed by atoms with Gasteiger partial charge in [0.1, 0.15) is 0 Å². The van der Waals surface area contributed by atoms with Crippen LogP contribution in [0.5, 0.6) is 0 Å². The van der Waals surface area contributed by atoms with Crippen molar-refractivity contribution in [1.29, 1.82) is 0 Å². The van der Waals surface area contributed by atoms with Crippen LogP contribution < -0.4 is 5.32 Å².